The normalized spacial score (nSPS) is 9.94. The molecule has 0 saturated heterocycles. The summed E-state index contributed by atoms with van der Waals surface area (Å²) in [6, 6.07) is 2.42. The molecule has 0 radical (unpaired) electrons. The van der Waals surface area contributed by atoms with E-state index in [2.05, 4.69) is 5.32 Å². The predicted octanol–water partition coefficient (Wildman–Crippen LogP) is 2.21. The molecule has 0 bridgehead atoms. The topological polar surface area (TPSA) is 75.6 Å². The van der Waals surface area contributed by atoms with Crippen LogP contribution in [0.5, 0.6) is 5.75 Å². The summed E-state index contributed by atoms with van der Waals surface area (Å²) in [7, 11) is 0. The molecule has 0 saturated carbocycles. The summed E-state index contributed by atoms with van der Waals surface area (Å²) in [6.07, 6.45) is 0. The van der Waals surface area contributed by atoms with Gasteiger partial charge in [-0.25, -0.2) is 4.79 Å². The number of carbonyl (C=O) groups excluding carboxylic acids is 1. The Labute approximate surface area is 114 Å². The van der Waals surface area contributed by atoms with Crippen LogP contribution in [0, 0.1) is 0 Å². The Hall–Kier alpha value is -1.46. The Kier molecular flexibility index (Phi) is 5.25. The highest BCUT2D eigenvalue weighted by atomic mass is 35.5. The van der Waals surface area contributed by atoms with Crippen LogP contribution in [-0.4, -0.2) is 30.1 Å². The molecule has 5 nitrogen and oxygen atoms in total. The summed E-state index contributed by atoms with van der Waals surface area (Å²) in [4.78, 5) is 21.9. The second kappa shape index (κ2) is 6.47. The van der Waals surface area contributed by atoms with Crippen molar-refractivity contribution in [2.24, 2.45) is 0 Å². The van der Waals surface area contributed by atoms with Crippen molar-refractivity contribution >= 4 is 35.1 Å². The van der Waals surface area contributed by atoms with Crippen LogP contribution in [-0.2, 0) is 4.79 Å². The number of benzene rings is 1. The molecule has 0 atom stereocenters. The maximum absolute atomic E-state index is 11.2. The van der Waals surface area contributed by atoms with E-state index in [1.54, 1.807) is 6.92 Å². The van der Waals surface area contributed by atoms with Gasteiger partial charge in [0, 0.05) is 6.54 Å². The monoisotopic (exact) mass is 291 g/mol. The molecule has 0 fully saturated rings. The van der Waals surface area contributed by atoms with E-state index < -0.39 is 5.97 Å². The van der Waals surface area contributed by atoms with E-state index in [1.165, 1.54) is 12.1 Å². The number of amides is 1. The zero-order valence-corrected chi connectivity index (χ0v) is 11.0. The lowest BCUT2D eigenvalue weighted by Crippen LogP contribution is -2.28. The van der Waals surface area contributed by atoms with Crippen LogP contribution in [0.25, 0.3) is 0 Å². The van der Waals surface area contributed by atoms with E-state index in [9.17, 15) is 9.59 Å². The minimum atomic E-state index is -1.14. The Morgan fingerprint density at radius 3 is 2.33 bits per heavy atom. The van der Waals surface area contributed by atoms with E-state index in [4.69, 9.17) is 33.0 Å². The van der Waals surface area contributed by atoms with Crippen LogP contribution < -0.4 is 10.1 Å². The van der Waals surface area contributed by atoms with Crippen molar-refractivity contribution in [1.82, 2.24) is 5.32 Å². The van der Waals surface area contributed by atoms with Gasteiger partial charge < -0.3 is 15.2 Å². The molecule has 18 heavy (non-hydrogen) atoms. The Morgan fingerprint density at radius 1 is 1.33 bits per heavy atom. The first-order valence-corrected chi connectivity index (χ1v) is 5.83. The van der Waals surface area contributed by atoms with Crippen molar-refractivity contribution in [3.63, 3.8) is 0 Å². The van der Waals surface area contributed by atoms with E-state index in [0.717, 1.165) is 0 Å². The number of carboxylic acid groups (broad SMARTS) is 1. The van der Waals surface area contributed by atoms with Gasteiger partial charge in [0.1, 0.15) is 0 Å². The fraction of sp³-hybridized carbons (Fsp3) is 0.273. The van der Waals surface area contributed by atoms with Gasteiger partial charge in [0.15, 0.2) is 12.4 Å². The van der Waals surface area contributed by atoms with Crippen LogP contribution >= 0.6 is 23.2 Å². The highest BCUT2D eigenvalue weighted by Gasteiger charge is 2.14. The first-order chi connectivity index (χ1) is 8.45. The highest BCUT2D eigenvalue weighted by molar-refractivity contribution is 6.37. The second-order valence-electron chi connectivity index (χ2n) is 3.32. The maximum Gasteiger partial charge on any atom is 0.335 e. The van der Waals surface area contributed by atoms with Gasteiger partial charge in [-0.2, -0.15) is 0 Å². The molecule has 1 rings (SSSR count). The van der Waals surface area contributed by atoms with Crippen LogP contribution in [0.3, 0.4) is 0 Å². The molecule has 0 aliphatic heterocycles. The molecule has 1 aromatic rings. The number of ether oxygens (including phenoxy) is 1. The van der Waals surface area contributed by atoms with Gasteiger partial charge in [-0.15, -0.1) is 0 Å². The number of rotatable bonds is 5. The molecule has 7 heteroatoms. The highest BCUT2D eigenvalue weighted by Crippen LogP contribution is 2.34. The first kappa shape index (κ1) is 14.6. The van der Waals surface area contributed by atoms with Crippen LogP contribution in [0.2, 0.25) is 10.0 Å². The zero-order chi connectivity index (χ0) is 13.7. The van der Waals surface area contributed by atoms with Crippen LogP contribution in [0.1, 0.15) is 17.3 Å². The number of carbonyl (C=O) groups is 2. The fourth-order valence-corrected chi connectivity index (χ4v) is 1.80. The molecule has 1 aromatic carbocycles. The average molecular weight is 292 g/mol. The third-order valence-electron chi connectivity index (χ3n) is 1.97. The van der Waals surface area contributed by atoms with Crippen molar-refractivity contribution < 1.29 is 19.4 Å². The quantitative estimate of drug-likeness (QED) is 0.872. The van der Waals surface area contributed by atoms with E-state index in [1.807, 2.05) is 0 Å². The minimum Gasteiger partial charge on any atom is -0.481 e. The molecular formula is C11H11Cl2NO4. The fourth-order valence-electron chi connectivity index (χ4n) is 1.21. The molecule has 0 spiro atoms. The van der Waals surface area contributed by atoms with Gasteiger partial charge in [-0.3, -0.25) is 4.79 Å². The number of hydrogen-bond acceptors (Lipinski definition) is 3. The third-order valence-corrected chi connectivity index (χ3v) is 2.53. The number of halogens is 2. The molecule has 0 heterocycles. The molecule has 98 valence electrons. The van der Waals surface area contributed by atoms with Crippen molar-refractivity contribution in [1.29, 1.82) is 0 Å². The summed E-state index contributed by atoms with van der Waals surface area (Å²) in [5, 5.41) is 11.4. The number of likely N-dealkylation sites (N-methyl/N-ethyl adjacent to an activating group) is 1. The Bertz CT molecular complexity index is 453. The minimum absolute atomic E-state index is 0.0456. The Balaban J connectivity index is 2.84. The number of nitrogens with one attached hydrogen (secondary N) is 1. The van der Waals surface area contributed by atoms with Gasteiger partial charge in [0.25, 0.3) is 5.91 Å². The van der Waals surface area contributed by atoms with Gasteiger partial charge in [-0.05, 0) is 19.1 Å². The smallest absolute Gasteiger partial charge is 0.335 e. The van der Waals surface area contributed by atoms with E-state index in [0.29, 0.717) is 6.54 Å². The molecule has 1 amide bonds. The molecule has 0 aliphatic rings. The summed E-state index contributed by atoms with van der Waals surface area (Å²) in [5.74, 6) is -1.37. The third kappa shape index (κ3) is 3.78. The lowest BCUT2D eigenvalue weighted by atomic mass is 10.2. The summed E-state index contributed by atoms with van der Waals surface area (Å²) >= 11 is 11.7. The molecule has 2 N–H and O–H groups in total. The van der Waals surface area contributed by atoms with Crippen molar-refractivity contribution in [2.45, 2.75) is 6.92 Å². The predicted molar refractivity (Wildman–Crippen MR) is 67.6 cm³/mol. The molecule has 0 aliphatic carbocycles. The Morgan fingerprint density at radius 2 is 1.89 bits per heavy atom. The molecular weight excluding hydrogens is 281 g/mol. The van der Waals surface area contributed by atoms with Crippen LogP contribution in [0.4, 0.5) is 0 Å². The molecule has 0 aromatic heterocycles. The van der Waals surface area contributed by atoms with Gasteiger partial charge in [0.05, 0.1) is 15.6 Å². The average Bonchev–Trinajstić information content (AvgIpc) is 2.27. The van der Waals surface area contributed by atoms with Crippen molar-refractivity contribution in [3.8, 4) is 5.75 Å². The number of aromatic carboxylic acids is 1. The van der Waals surface area contributed by atoms with Crippen molar-refractivity contribution in [2.75, 3.05) is 13.2 Å². The SMILES string of the molecule is CCNC(=O)COc1c(Cl)cc(C(=O)O)cc1Cl. The largest absolute Gasteiger partial charge is 0.481 e. The zero-order valence-electron chi connectivity index (χ0n) is 9.50. The summed E-state index contributed by atoms with van der Waals surface area (Å²) < 4.78 is 5.15. The summed E-state index contributed by atoms with van der Waals surface area (Å²) in [5.41, 5.74) is -0.0460. The van der Waals surface area contributed by atoms with E-state index in [-0.39, 0.29) is 33.9 Å². The van der Waals surface area contributed by atoms with Gasteiger partial charge >= 0.3 is 5.97 Å². The second-order valence-corrected chi connectivity index (χ2v) is 4.13. The lowest BCUT2D eigenvalue weighted by molar-refractivity contribution is -0.122. The van der Waals surface area contributed by atoms with Gasteiger partial charge in [-0.1, -0.05) is 23.2 Å². The van der Waals surface area contributed by atoms with Crippen LogP contribution in [0.15, 0.2) is 12.1 Å². The molecule has 0 unspecified atom stereocenters. The van der Waals surface area contributed by atoms with Gasteiger partial charge in [0.2, 0.25) is 0 Å². The number of hydrogen-bond donors (Lipinski definition) is 2. The lowest BCUT2D eigenvalue weighted by Gasteiger charge is -2.10. The summed E-state index contributed by atoms with van der Waals surface area (Å²) in [6.45, 7) is 2.03. The standard InChI is InChI=1S/C11H11Cl2NO4/c1-2-14-9(15)5-18-10-7(12)3-6(11(16)17)4-8(10)13/h3-4H,2,5H2,1H3,(H,14,15)(H,16,17). The van der Waals surface area contributed by atoms with Crippen molar-refractivity contribution in [3.05, 3.63) is 27.7 Å². The number of carboxylic acids is 1. The van der Waals surface area contributed by atoms with E-state index >= 15 is 0 Å². The maximum atomic E-state index is 11.2. The first-order valence-electron chi connectivity index (χ1n) is 5.07.